The predicted octanol–water partition coefficient (Wildman–Crippen LogP) is 2.20. The Morgan fingerprint density at radius 3 is 2.79 bits per heavy atom. The molecule has 24 heavy (non-hydrogen) atoms. The first-order chi connectivity index (χ1) is 11.7. The van der Waals surface area contributed by atoms with E-state index in [1.165, 1.54) is 22.5 Å². The van der Waals surface area contributed by atoms with Crippen molar-refractivity contribution in [2.75, 3.05) is 38.6 Å². The van der Waals surface area contributed by atoms with Crippen LogP contribution in [0.5, 0.6) is 5.75 Å². The number of carbonyl (C=O) groups is 1. The fraction of sp³-hybridized carbons (Fsp3) is 0.438. The van der Waals surface area contributed by atoms with Gasteiger partial charge in [-0.2, -0.15) is 0 Å². The van der Waals surface area contributed by atoms with E-state index in [1.54, 1.807) is 12.6 Å². The Morgan fingerprint density at radius 2 is 2.12 bits per heavy atom. The molecule has 1 aromatic heterocycles. The zero-order valence-electron chi connectivity index (χ0n) is 13.9. The van der Waals surface area contributed by atoms with Crippen LogP contribution < -0.4 is 10.1 Å². The molecule has 2 amide bonds. The largest absolute Gasteiger partial charge is 0.496 e. The molecule has 2 aromatic rings. The van der Waals surface area contributed by atoms with Crippen molar-refractivity contribution in [2.24, 2.45) is 0 Å². The Balaban J connectivity index is 1.54. The lowest BCUT2D eigenvalue weighted by Crippen LogP contribution is -2.49. The molecule has 1 saturated heterocycles. The molecule has 0 spiro atoms. The van der Waals surface area contributed by atoms with E-state index < -0.39 is 0 Å². The first-order valence-corrected chi connectivity index (χ1v) is 8.71. The summed E-state index contributed by atoms with van der Waals surface area (Å²) in [6, 6.07) is 6.11. The lowest BCUT2D eigenvalue weighted by molar-refractivity contribution is 0.142. The molecule has 0 atom stereocenters. The van der Waals surface area contributed by atoms with E-state index in [1.807, 2.05) is 11.0 Å². The second kappa shape index (κ2) is 7.59. The summed E-state index contributed by atoms with van der Waals surface area (Å²) < 4.78 is 5.45. The molecule has 0 unspecified atom stereocenters. The van der Waals surface area contributed by atoms with Gasteiger partial charge in [-0.1, -0.05) is 29.0 Å². The van der Waals surface area contributed by atoms with Crippen LogP contribution in [0.3, 0.4) is 0 Å². The van der Waals surface area contributed by atoms with Crippen molar-refractivity contribution in [3.05, 3.63) is 34.8 Å². The van der Waals surface area contributed by atoms with E-state index in [2.05, 4.69) is 39.5 Å². The van der Waals surface area contributed by atoms with Gasteiger partial charge in [0.2, 0.25) is 5.13 Å². The van der Waals surface area contributed by atoms with Crippen LogP contribution in [-0.4, -0.2) is 59.3 Å². The second-order valence-corrected chi connectivity index (χ2v) is 6.59. The van der Waals surface area contributed by atoms with Gasteiger partial charge in [0.25, 0.3) is 0 Å². The van der Waals surface area contributed by atoms with Crippen molar-refractivity contribution < 1.29 is 9.53 Å². The van der Waals surface area contributed by atoms with Crippen LogP contribution in [0.1, 0.15) is 11.1 Å². The van der Waals surface area contributed by atoms with Crippen LogP contribution in [-0.2, 0) is 6.54 Å². The van der Waals surface area contributed by atoms with Crippen molar-refractivity contribution in [3.8, 4) is 5.75 Å². The van der Waals surface area contributed by atoms with Gasteiger partial charge in [0.15, 0.2) is 0 Å². The predicted molar refractivity (Wildman–Crippen MR) is 93.5 cm³/mol. The van der Waals surface area contributed by atoms with Gasteiger partial charge in [-0.15, -0.1) is 10.2 Å². The average molecular weight is 347 g/mol. The lowest BCUT2D eigenvalue weighted by Gasteiger charge is -2.34. The number of ether oxygens (including phenoxy) is 1. The number of urea groups is 1. The highest BCUT2D eigenvalue weighted by molar-refractivity contribution is 7.13. The van der Waals surface area contributed by atoms with Crippen molar-refractivity contribution in [1.29, 1.82) is 0 Å². The number of carbonyl (C=O) groups excluding carboxylic acids is 1. The molecule has 128 valence electrons. The van der Waals surface area contributed by atoms with Crippen molar-refractivity contribution in [3.63, 3.8) is 0 Å². The minimum atomic E-state index is -0.112. The van der Waals surface area contributed by atoms with Crippen LogP contribution in [0.15, 0.2) is 23.7 Å². The number of methoxy groups -OCH3 is 1. The molecule has 1 aliphatic rings. The molecule has 1 aromatic carbocycles. The summed E-state index contributed by atoms with van der Waals surface area (Å²) in [6.07, 6.45) is 0. The van der Waals surface area contributed by atoms with Crippen LogP contribution in [0.2, 0.25) is 0 Å². The standard InChI is InChI=1S/C16H21N5O2S/c1-12-3-4-14(23-2)13(9-12)10-20-5-7-21(8-6-20)16(22)18-15-19-17-11-24-15/h3-4,9,11H,5-8,10H2,1-2H3,(H,18,19,22). The number of rotatable bonds is 4. The molecular weight excluding hydrogens is 326 g/mol. The molecule has 3 rings (SSSR count). The van der Waals surface area contributed by atoms with Crippen molar-refractivity contribution in [2.45, 2.75) is 13.5 Å². The van der Waals surface area contributed by atoms with Crippen LogP contribution in [0.25, 0.3) is 0 Å². The number of nitrogens with one attached hydrogen (secondary N) is 1. The monoisotopic (exact) mass is 347 g/mol. The third-order valence-corrected chi connectivity index (χ3v) is 4.67. The normalized spacial score (nSPS) is 15.3. The molecule has 1 aliphatic heterocycles. The highest BCUT2D eigenvalue weighted by Crippen LogP contribution is 2.22. The maximum Gasteiger partial charge on any atom is 0.323 e. The third kappa shape index (κ3) is 4.01. The number of hydrogen-bond donors (Lipinski definition) is 1. The molecule has 1 fully saturated rings. The molecule has 1 N–H and O–H groups in total. The number of hydrogen-bond acceptors (Lipinski definition) is 6. The number of amides is 2. The zero-order valence-corrected chi connectivity index (χ0v) is 14.7. The van der Waals surface area contributed by atoms with Gasteiger partial charge < -0.3 is 9.64 Å². The summed E-state index contributed by atoms with van der Waals surface area (Å²) in [4.78, 5) is 16.3. The highest BCUT2D eigenvalue weighted by Gasteiger charge is 2.22. The summed E-state index contributed by atoms with van der Waals surface area (Å²) in [5.74, 6) is 0.914. The van der Waals surface area contributed by atoms with E-state index in [4.69, 9.17) is 4.74 Å². The maximum atomic E-state index is 12.2. The van der Waals surface area contributed by atoms with Gasteiger partial charge >= 0.3 is 6.03 Å². The summed E-state index contributed by atoms with van der Waals surface area (Å²) in [5, 5.41) is 10.9. The number of aromatic nitrogens is 2. The molecule has 0 radical (unpaired) electrons. The third-order valence-electron chi connectivity index (χ3n) is 4.06. The Morgan fingerprint density at radius 1 is 1.33 bits per heavy atom. The van der Waals surface area contributed by atoms with E-state index in [0.717, 1.165) is 25.4 Å². The fourth-order valence-electron chi connectivity index (χ4n) is 2.78. The zero-order chi connectivity index (χ0) is 16.9. The van der Waals surface area contributed by atoms with Crippen LogP contribution >= 0.6 is 11.3 Å². The topological polar surface area (TPSA) is 70.6 Å². The number of nitrogens with zero attached hydrogens (tertiary/aromatic N) is 4. The highest BCUT2D eigenvalue weighted by atomic mass is 32.1. The molecule has 7 nitrogen and oxygen atoms in total. The molecule has 2 heterocycles. The van der Waals surface area contributed by atoms with Crippen LogP contribution in [0, 0.1) is 6.92 Å². The van der Waals surface area contributed by atoms with Gasteiger partial charge in [-0.05, 0) is 13.0 Å². The van der Waals surface area contributed by atoms with Gasteiger partial charge in [0.05, 0.1) is 7.11 Å². The van der Waals surface area contributed by atoms with E-state index in [-0.39, 0.29) is 6.03 Å². The van der Waals surface area contributed by atoms with E-state index in [0.29, 0.717) is 18.2 Å². The Kier molecular flexibility index (Phi) is 5.27. The molecule has 8 heteroatoms. The number of benzene rings is 1. The van der Waals surface area contributed by atoms with Gasteiger partial charge in [0.1, 0.15) is 11.3 Å². The lowest BCUT2D eigenvalue weighted by atomic mass is 10.1. The summed E-state index contributed by atoms with van der Waals surface area (Å²) in [7, 11) is 1.70. The molecular formula is C16H21N5O2S. The molecule has 0 bridgehead atoms. The average Bonchev–Trinajstić information content (AvgIpc) is 3.09. The Labute approximate surface area is 145 Å². The van der Waals surface area contributed by atoms with Gasteiger partial charge in [-0.25, -0.2) is 4.79 Å². The van der Waals surface area contributed by atoms with E-state index >= 15 is 0 Å². The smallest absolute Gasteiger partial charge is 0.323 e. The first-order valence-electron chi connectivity index (χ1n) is 7.83. The maximum absolute atomic E-state index is 12.2. The Bertz CT molecular complexity index is 684. The SMILES string of the molecule is COc1ccc(C)cc1CN1CCN(C(=O)Nc2nncs2)CC1. The summed E-state index contributed by atoms with van der Waals surface area (Å²) >= 11 is 1.32. The second-order valence-electron chi connectivity index (χ2n) is 5.75. The summed E-state index contributed by atoms with van der Waals surface area (Å²) in [5.41, 5.74) is 4.01. The molecule has 0 saturated carbocycles. The Hall–Kier alpha value is -2.19. The van der Waals surface area contributed by atoms with Gasteiger partial charge in [0, 0.05) is 38.3 Å². The van der Waals surface area contributed by atoms with Gasteiger partial charge in [-0.3, -0.25) is 10.2 Å². The first kappa shape index (κ1) is 16.7. The number of aryl methyl sites for hydroxylation is 1. The number of piperazine rings is 1. The minimum Gasteiger partial charge on any atom is -0.496 e. The van der Waals surface area contributed by atoms with E-state index in [9.17, 15) is 4.79 Å². The van der Waals surface area contributed by atoms with Crippen molar-refractivity contribution in [1.82, 2.24) is 20.0 Å². The van der Waals surface area contributed by atoms with Crippen molar-refractivity contribution >= 4 is 22.5 Å². The summed E-state index contributed by atoms with van der Waals surface area (Å²) in [6.45, 7) is 5.97. The van der Waals surface area contributed by atoms with Crippen LogP contribution in [0.4, 0.5) is 9.93 Å². The minimum absolute atomic E-state index is 0.112. The molecule has 0 aliphatic carbocycles. The quantitative estimate of drug-likeness (QED) is 0.918. The number of anilines is 1. The fourth-order valence-corrected chi connectivity index (χ4v) is 3.21.